The summed E-state index contributed by atoms with van der Waals surface area (Å²) >= 11 is 0. The zero-order valence-electron chi connectivity index (χ0n) is 10.6. The SMILES string of the molecule is CC(C)(C)CCCc1ccc(S(N)(=O)=O)nc1. The molecule has 1 aromatic rings. The maximum atomic E-state index is 11.0. The Bertz CT molecular complexity index is 458. The molecule has 96 valence electrons. The summed E-state index contributed by atoms with van der Waals surface area (Å²) in [6, 6.07) is 3.23. The average Bonchev–Trinajstić information content (AvgIpc) is 2.15. The van der Waals surface area contributed by atoms with Crippen LogP contribution in [0.25, 0.3) is 0 Å². The predicted octanol–water partition coefficient (Wildman–Crippen LogP) is 2.10. The Kier molecular flexibility index (Phi) is 4.27. The molecule has 0 aliphatic heterocycles. The van der Waals surface area contributed by atoms with Crippen LogP contribution in [0.1, 0.15) is 39.2 Å². The summed E-state index contributed by atoms with van der Waals surface area (Å²) in [4.78, 5) is 3.85. The molecule has 1 heterocycles. The zero-order valence-corrected chi connectivity index (χ0v) is 11.4. The summed E-state index contributed by atoms with van der Waals surface area (Å²) in [5.74, 6) is 0. The van der Waals surface area contributed by atoms with Gasteiger partial charge in [0.05, 0.1) is 0 Å². The molecule has 17 heavy (non-hydrogen) atoms. The van der Waals surface area contributed by atoms with E-state index < -0.39 is 10.0 Å². The third-order valence-electron chi connectivity index (χ3n) is 2.48. The molecule has 0 spiro atoms. The number of sulfonamides is 1. The molecule has 4 nitrogen and oxygen atoms in total. The lowest BCUT2D eigenvalue weighted by Crippen LogP contribution is -2.13. The summed E-state index contributed by atoms with van der Waals surface area (Å²) in [6.45, 7) is 6.61. The van der Waals surface area contributed by atoms with E-state index in [9.17, 15) is 8.42 Å². The highest BCUT2D eigenvalue weighted by Crippen LogP contribution is 2.21. The molecule has 0 radical (unpaired) electrons. The highest BCUT2D eigenvalue weighted by Gasteiger charge is 2.11. The molecule has 1 rings (SSSR count). The fourth-order valence-corrected chi connectivity index (χ4v) is 2.01. The van der Waals surface area contributed by atoms with Crippen molar-refractivity contribution in [3.8, 4) is 0 Å². The molecule has 0 bridgehead atoms. The maximum absolute atomic E-state index is 11.0. The first-order chi connectivity index (χ1) is 7.68. The molecule has 2 N–H and O–H groups in total. The molecule has 5 heteroatoms. The number of hydrogen-bond donors (Lipinski definition) is 1. The highest BCUT2D eigenvalue weighted by molar-refractivity contribution is 7.89. The Labute approximate surface area is 103 Å². The molecule has 0 saturated carbocycles. The first kappa shape index (κ1) is 14.1. The van der Waals surface area contributed by atoms with Crippen molar-refractivity contribution < 1.29 is 8.42 Å². The van der Waals surface area contributed by atoms with Crippen LogP contribution in [0.4, 0.5) is 0 Å². The van der Waals surface area contributed by atoms with Crippen LogP contribution in [0.5, 0.6) is 0 Å². The van der Waals surface area contributed by atoms with Gasteiger partial charge < -0.3 is 0 Å². The number of rotatable bonds is 4. The maximum Gasteiger partial charge on any atom is 0.255 e. The number of aryl methyl sites for hydroxylation is 1. The van der Waals surface area contributed by atoms with E-state index in [2.05, 4.69) is 25.8 Å². The van der Waals surface area contributed by atoms with E-state index in [0.29, 0.717) is 5.41 Å². The number of pyridine rings is 1. The fourth-order valence-electron chi connectivity index (χ4n) is 1.55. The molecular formula is C12H20N2O2S. The van der Waals surface area contributed by atoms with Crippen molar-refractivity contribution in [3.05, 3.63) is 23.9 Å². The van der Waals surface area contributed by atoms with Crippen LogP contribution in [0.15, 0.2) is 23.4 Å². The van der Waals surface area contributed by atoms with Crippen molar-refractivity contribution >= 4 is 10.0 Å². The minimum Gasteiger partial charge on any atom is -0.243 e. The third-order valence-corrected chi connectivity index (χ3v) is 3.31. The van der Waals surface area contributed by atoms with E-state index in [1.807, 2.05) is 0 Å². The summed E-state index contributed by atoms with van der Waals surface area (Å²) in [7, 11) is -3.67. The molecular weight excluding hydrogens is 236 g/mol. The van der Waals surface area contributed by atoms with Crippen molar-refractivity contribution in [2.45, 2.75) is 45.1 Å². The number of nitrogens with two attached hydrogens (primary N) is 1. The van der Waals surface area contributed by atoms with Gasteiger partial charge in [0, 0.05) is 6.20 Å². The average molecular weight is 256 g/mol. The van der Waals surface area contributed by atoms with Gasteiger partial charge >= 0.3 is 0 Å². The van der Waals surface area contributed by atoms with Crippen molar-refractivity contribution in [2.24, 2.45) is 10.6 Å². The first-order valence-electron chi connectivity index (χ1n) is 5.66. The summed E-state index contributed by atoms with van der Waals surface area (Å²) in [5, 5.41) is 4.90. The van der Waals surface area contributed by atoms with Crippen LogP contribution in [0.3, 0.4) is 0 Å². The van der Waals surface area contributed by atoms with Gasteiger partial charge in [-0.05, 0) is 36.3 Å². The zero-order chi connectivity index (χ0) is 13.1. The number of aromatic nitrogens is 1. The summed E-state index contributed by atoms with van der Waals surface area (Å²) < 4.78 is 22.0. The van der Waals surface area contributed by atoms with Crippen molar-refractivity contribution in [1.29, 1.82) is 0 Å². The largest absolute Gasteiger partial charge is 0.255 e. The minimum absolute atomic E-state index is 0.0722. The van der Waals surface area contributed by atoms with E-state index in [-0.39, 0.29) is 5.03 Å². The first-order valence-corrected chi connectivity index (χ1v) is 7.21. The van der Waals surface area contributed by atoms with Gasteiger partial charge in [-0.15, -0.1) is 0 Å². The van der Waals surface area contributed by atoms with E-state index in [4.69, 9.17) is 5.14 Å². The lowest BCUT2D eigenvalue weighted by atomic mass is 9.89. The third kappa shape index (κ3) is 5.28. The second-order valence-electron chi connectivity index (χ2n) is 5.46. The molecule has 0 saturated heterocycles. The van der Waals surface area contributed by atoms with Gasteiger partial charge in [0.2, 0.25) is 0 Å². The van der Waals surface area contributed by atoms with Crippen LogP contribution in [0.2, 0.25) is 0 Å². The van der Waals surface area contributed by atoms with E-state index in [0.717, 1.165) is 24.8 Å². The molecule has 0 aromatic carbocycles. The van der Waals surface area contributed by atoms with E-state index >= 15 is 0 Å². The van der Waals surface area contributed by atoms with Crippen LogP contribution in [-0.4, -0.2) is 13.4 Å². The highest BCUT2D eigenvalue weighted by atomic mass is 32.2. The monoisotopic (exact) mass is 256 g/mol. The van der Waals surface area contributed by atoms with Gasteiger partial charge in [0.25, 0.3) is 10.0 Å². The topological polar surface area (TPSA) is 73.1 Å². The molecule has 0 aliphatic rings. The molecule has 1 aromatic heterocycles. The second-order valence-corrected chi connectivity index (χ2v) is 6.97. The molecule has 0 atom stereocenters. The van der Waals surface area contributed by atoms with Crippen molar-refractivity contribution in [3.63, 3.8) is 0 Å². The lowest BCUT2D eigenvalue weighted by Gasteiger charge is -2.17. The Morgan fingerprint density at radius 1 is 1.29 bits per heavy atom. The smallest absolute Gasteiger partial charge is 0.243 e. The molecule has 0 fully saturated rings. The number of primary sulfonamides is 1. The number of hydrogen-bond acceptors (Lipinski definition) is 3. The van der Waals surface area contributed by atoms with Crippen molar-refractivity contribution in [1.82, 2.24) is 4.98 Å². The Morgan fingerprint density at radius 2 is 1.94 bits per heavy atom. The summed E-state index contributed by atoms with van der Waals surface area (Å²) in [5.41, 5.74) is 1.37. The van der Waals surface area contributed by atoms with Gasteiger partial charge in [-0.1, -0.05) is 26.8 Å². The van der Waals surface area contributed by atoms with Gasteiger partial charge in [-0.3, -0.25) is 0 Å². The van der Waals surface area contributed by atoms with Crippen LogP contribution in [0, 0.1) is 5.41 Å². The fraction of sp³-hybridized carbons (Fsp3) is 0.583. The van der Waals surface area contributed by atoms with Gasteiger partial charge in [-0.2, -0.15) is 0 Å². The minimum atomic E-state index is -3.67. The molecule has 0 amide bonds. The Balaban J connectivity index is 2.58. The Morgan fingerprint density at radius 3 is 2.35 bits per heavy atom. The Hall–Kier alpha value is -0.940. The predicted molar refractivity (Wildman–Crippen MR) is 68.0 cm³/mol. The van der Waals surface area contributed by atoms with Gasteiger partial charge in [0.1, 0.15) is 0 Å². The standard InChI is InChI=1S/C12H20N2O2S/c1-12(2,3)8-4-5-10-6-7-11(14-9-10)17(13,15)16/h6-7,9H,4-5,8H2,1-3H3,(H2,13,15,16). The lowest BCUT2D eigenvalue weighted by molar-refractivity contribution is 0.365. The summed E-state index contributed by atoms with van der Waals surface area (Å²) in [6.07, 6.45) is 4.70. The van der Waals surface area contributed by atoms with Crippen LogP contribution in [-0.2, 0) is 16.4 Å². The van der Waals surface area contributed by atoms with Crippen LogP contribution >= 0.6 is 0 Å². The quantitative estimate of drug-likeness (QED) is 0.896. The molecule has 0 unspecified atom stereocenters. The second kappa shape index (κ2) is 5.14. The van der Waals surface area contributed by atoms with E-state index in [1.54, 1.807) is 12.3 Å². The van der Waals surface area contributed by atoms with E-state index in [1.165, 1.54) is 6.07 Å². The van der Waals surface area contributed by atoms with Crippen molar-refractivity contribution in [2.75, 3.05) is 0 Å². The van der Waals surface area contributed by atoms with Crippen LogP contribution < -0.4 is 5.14 Å². The normalized spacial score (nSPS) is 12.7. The van der Waals surface area contributed by atoms with Gasteiger partial charge in [0.15, 0.2) is 5.03 Å². The molecule has 0 aliphatic carbocycles. The number of nitrogens with zero attached hydrogens (tertiary/aromatic N) is 1. The van der Waals surface area contributed by atoms with Gasteiger partial charge in [-0.25, -0.2) is 18.5 Å².